The number of rotatable bonds is 5. The van der Waals surface area contributed by atoms with Crippen LogP contribution in [0.5, 0.6) is 0 Å². The molecule has 2 aromatic rings. The van der Waals surface area contributed by atoms with Crippen molar-refractivity contribution in [2.24, 2.45) is 0 Å². The molecule has 26 heavy (non-hydrogen) atoms. The summed E-state index contributed by atoms with van der Waals surface area (Å²) in [5.41, 5.74) is 2.29. The van der Waals surface area contributed by atoms with Gasteiger partial charge >= 0.3 is 5.97 Å². The Balaban J connectivity index is 1.78. The van der Waals surface area contributed by atoms with Crippen molar-refractivity contribution in [3.05, 3.63) is 54.1 Å². The molecule has 0 amide bonds. The largest absolute Gasteiger partial charge is 0.462 e. The summed E-state index contributed by atoms with van der Waals surface area (Å²) in [4.78, 5) is 12.0. The summed E-state index contributed by atoms with van der Waals surface area (Å²) in [6, 6.07) is 13.9. The van der Waals surface area contributed by atoms with Crippen molar-refractivity contribution in [2.45, 2.75) is 11.8 Å². The summed E-state index contributed by atoms with van der Waals surface area (Å²) in [6.45, 7) is 4.42. The zero-order chi connectivity index (χ0) is 18.6. The number of sulfonamides is 1. The van der Waals surface area contributed by atoms with Gasteiger partial charge in [0.25, 0.3) is 0 Å². The van der Waals surface area contributed by atoms with Gasteiger partial charge in [0.05, 0.1) is 17.1 Å². The molecule has 6 nitrogen and oxygen atoms in total. The van der Waals surface area contributed by atoms with E-state index in [1.807, 2.05) is 12.1 Å². The summed E-state index contributed by atoms with van der Waals surface area (Å²) in [5, 5.41) is 3.15. The van der Waals surface area contributed by atoms with Gasteiger partial charge in [-0.2, -0.15) is 4.31 Å². The number of hydrogen-bond acceptors (Lipinski definition) is 5. The molecule has 2 aromatic carbocycles. The predicted molar refractivity (Wildman–Crippen MR) is 99.5 cm³/mol. The highest BCUT2D eigenvalue weighted by Gasteiger charge is 2.25. The Morgan fingerprint density at radius 3 is 2.08 bits per heavy atom. The molecule has 0 atom stereocenters. The average Bonchev–Trinajstić information content (AvgIpc) is 2.69. The van der Waals surface area contributed by atoms with Gasteiger partial charge in [-0.3, -0.25) is 0 Å². The minimum atomic E-state index is -3.45. The van der Waals surface area contributed by atoms with Gasteiger partial charge in [0.15, 0.2) is 0 Å². The number of hydrogen-bond donors (Lipinski definition) is 1. The zero-order valence-corrected chi connectivity index (χ0v) is 15.5. The van der Waals surface area contributed by atoms with Gasteiger partial charge in [-0.1, -0.05) is 24.3 Å². The van der Waals surface area contributed by atoms with Crippen molar-refractivity contribution in [3.8, 4) is 11.1 Å². The van der Waals surface area contributed by atoms with E-state index >= 15 is 0 Å². The highest BCUT2D eigenvalue weighted by molar-refractivity contribution is 7.89. The van der Waals surface area contributed by atoms with Gasteiger partial charge in [0.1, 0.15) is 0 Å². The van der Waals surface area contributed by atoms with Crippen LogP contribution in [0.25, 0.3) is 11.1 Å². The average molecular weight is 374 g/mol. The fourth-order valence-electron chi connectivity index (χ4n) is 2.87. The number of nitrogens with zero attached hydrogens (tertiary/aromatic N) is 1. The Hall–Kier alpha value is -2.22. The molecule has 1 saturated heterocycles. The summed E-state index contributed by atoms with van der Waals surface area (Å²) in [6.07, 6.45) is 0. The quantitative estimate of drug-likeness (QED) is 0.812. The number of esters is 1. The van der Waals surface area contributed by atoms with Crippen LogP contribution < -0.4 is 5.32 Å². The SMILES string of the molecule is CCOC(=O)c1ccc(-c2ccc(S(=O)(=O)N3CCNCC3)cc2)cc1. The molecule has 1 heterocycles. The summed E-state index contributed by atoms with van der Waals surface area (Å²) in [5.74, 6) is -0.350. The lowest BCUT2D eigenvalue weighted by Gasteiger charge is -2.26. The number of carbonyl (C=O) groups excluding carboxylic acids is 1. The molecule has 0 saturated carbocycles. The van der Waals surface area contributed by atoms with Gasteiger partial charge in [-0.05, 0) is 42.3 Å². The minimum Gasteiger partial charge on any atom is -0.462 e. The van der Waals surface area contributed by atoms with Crippen LogP contribution in [0.1, 0.15) is 17.3 Å². The number of ether oxygens (including phenoxy) is 1. The standard InChI is InChI=1S/C19H22N2O4S/c1-2-25-19(22)17-5-3-15(4-6-17)16-7-9-18(10-8-16)26(23,24)21-13-11-20-12-14-21/h3-10,20H,2,11-14H2,1H3. The molecule has 3 rings (SSSR count). The first-order chi connectivity index (χ1) is 12.5. The van der Waals surface area contributed by atoms with Crippen molar-refractivity contribution in [1.29, 1.82) is 0 Å². The van der Waals surface area contributed by atoms with Gasteiger partial charge in [0, 0.05) is 26.2 Å². The first-order valence-electron chi connectivity index (χ1n) is 8.61. The summed E-state index contributed by atoms with van der Waals surface area (Å²) >= 11 is 0. The van der Waals surface area contributed by atoms with Gasteiger partial charge < -0.3 is 10.1 Å². The molecule has 1 aliphatic rings. The second-order valence-corrected chi connectivity index (χ2v) is 7.91. The molecule has 7 heteroatoms. The normalized spacial score (nSPS) is 15.6. The highest BCUT2D eigenvalue weighted by atomic mass is 32.2. The van der Waals surface area contributed by atoms with E-state index in [-0.39, 0.29) is 5.97 Å². The molecule has 0 bridgehead atoms. The van der Waals surface area contributed by atoms with E-state index in [0.717, 1.165) is 11.1 Å². The molecule has 0 aromatic heterocycles. The lowest BCUT2D eigenvalue weighted by atomic mass is 10.0. The second kappa shape index (κ2) is 7.99. The van der Waals surface area contributed by atoms with Crippen LogP contribution in [0.2, 0.25) is 0 Å². The third-order valence-electron chi connectivity index (χ3n) is 4.30. The number of nitrogens with one attached hydrogen (secondary N) is 1. The van der Waals surface area contributed by atoms with Crippen LogP contribution in [0.3, 0.4) is 0 Å². The molecular weight excluding hydrogens is 352 g/mol. The predicted octanol–water partition coefficient (Wildman–Crippen LogP) is 2.12. The highest BCUT2D eigenvalue weighted by Crippen LogP contribution is 2.24. The maximum atomic E-state index is 12.7. The second-order valence-electron chi connectivity index (χ2n) is 5.98. The maximum Gasteiger partial charge on any atom is 0.338 e. The van der Waals surface area contributed by atoms with E-state index in [0.29, 0.717) is 43.2 Å². The summed E-state index contributed by atoms with van der Waals surface area (Å²) < 4.78 is 31.8. The van der Waals surface area contributed by atoms with Crippen molar-refractivity contribution in [3.63, 3.8) is 0 Å². The lowest BCUT2D eigenvalue weighted by molar-refractivity contribution is 0.0526. The molecule has 0 unspecified atom stereocenters. The smallest absolute Gasteiger partial charge is 0.338 e. The van der Waals surface area contributed by atoms with E-state index in [4.69, 9.17) is 4.74 Å². The van der Waals surface area contributed by atoms with Crippen LogP contribution in [0, 0.1) is 0 Å². The van der Waals surface area contributed by atoms with Crippen LogP contribution in [-0.2, 0) is 14.8 Å². The van der Waals surface area contributed by atoms with E-state index in [1.165, 1.54) is 4.31 Å². The van der Waals surface area contributed by atoms with Crippen LogP contribution in [0.15, 0.2) is 53.4 Å². The Bertz CT molecular complexity index is 855. The monoisotopic (exact) mass is 374 g/mol. The minimum absolute atomic E-state index is 0.297. The maximum absolute atomic E-state index is 12.7. The van der Waals surface area contributed by atoms with Gasteiger partial charge in [0.2, 0.25) is 10.0 Å². The van der Waals surface area contributed by atoms with Crippen molar-refractivity contribution < 1.29 is 17.9 Å². The zero-order valence-electron chi connectivity index (χ0n) is 14.6. The number of carbonyl (C=O) groups is 1. The molecule has 1 aliphatic heterocycles. The third kappa shape index (κ3) is 3.95. The van der Waals surface area contributed by atoms with Gasteiger partial charge in [-0.25, -0.2) is 13.2 Å². The van der Waals surface area contributed by atoms with E-state index in [2.05, 4.69) is 5.32 Å². The molecular formula is C19H22N2O4S. The Morgan fingerprint density at radius 1 is 1.00 bits per heavy atom. The number of piperazine rings is 1. The number of benzene rings is 2. The van der Waals surface area contributed by atoms with Gasteiger partial charge in [-0.15, -0.1) is 0 Å². The lowest BCUT2D eigenvalue weighted by Crippen LogP contribution is -2.46. The molecule has 0 spiro atoms. The van der Waals surface area contributed by atoms with Crippen molar-refractivity contribution >= 4 is 16.0 Å². The Kier molecular flexibility index (Phi) is 5.70. The Morgan fingerprint density at radius 2 is 1.54 bits per heavy atom. The van der Waals surface area contributed by atoms with Crippen LogP contribution in [-0.4, -0.2) is 51.5 Å². The van der Waals surface area contributed by atoms with Crippen molar-refractivity contribution in [2.75, 3.05) is 32.8 Å². The third-order valence-corrected chi connectivity index (χ3v) is 6.21. The van der Waals surface area contributed by atoms with Crippen LogP contribution >= 0.6 is 0 Å². The first-order valence-corrected chi connectivity index (χ1v) is 10.0. The first kappa shape index (κ1) is 18.6. The molecule has 0 aliphatic carbocycles. The summed E-state index contributed by atoms with van der Waals surface area (Å²) in [7, 11) is -3.45. The van der Waals surface area contributed by atoms with Crippen molar-refractivity contribution in [1.82, 2.24) is 9.62 Å². The molecule has 0 radical (unpaired) electrons. The Labute approximate surface area is 153 Å². The molecule has 1 fully saturated rings. The van der Waals surface area contributed by atoms with E-state index in [9.17, 15) is 13.2 Å². The molecule has 1 N–H and O–H groups in total. The fourth-order valence-corrected chi connectivity index (χ4v) is 4.31. The van der Waals surface area contributed by atoms with Crippen LogP contribution in [0.4, 0.5) is 0 Å². The topological polar surface area (TPSA) is 75.7 Å². The molecule has 138 valence electrons. The fraction of sp³-hybridized carbons (Fsp3) is 0.316. The van der Waals surface area contributed by atoms with E-state index in [1.54, 1.807) is 43.3 Å². The van der Waals surface area contributed by atoms with E-state index < -0.39 is 10.0 Å².